The van der Waals surface area contributed by atoms with Gasteiger partial charge in [0, 0.05) is 6.54 Å². The van der Waals surface area contributed by atoms with E-state index in [4.69, 9.17) is 4.42 Å². The average Bonchev–Trinajstić information content (AvgIpc) is 2.77. The van der Waals surface area contributed by atoms with Crippen LogP contribution in [0.1, 0.15) is 57.3 Å². The van der Waals surface area contributed by atoms with Gasteiger partial charge in [-0.15, -0.1) is 0 Å². The van der Waals surface area contributed by atoms with Crippen LogP contribution in [0.5, 0.6) is 0 Å². The summed E-state index contributed by atoms with van der Waals surface area (Å²) in [5, 5.41) is 13.9. The summed E-state index contributed by atoms with van der Waals surface area (Å²) in [6, 6.07) is 4.03. The third kappa shape index (κ3) is 3.58. The molecular weight excluding hydrogens is 214 g/mol. The van der Waals surface area contributed by atoms with Crippen LogP contribution in [0.25, 0.3) is 0 Å². The van der Waals surface area contributed by atoms with Gasteiger partial charge in [0.2, 0.25) is 0 Å². The molecule has 96 valence electrons. The Labute approximate surface area is 103 Å². The van der Waals surface area contributed by atoms with Gasteiger partial charge in [-0.1, -0.05) is 25.7 Å². The lowest BCUT2D eigenvalue weighted by atomic mass is 9.94. The van der Waals surface area contributed by atoms with Gasteiger partial charge < -0.3 is 14.8 Å². The SMILES string of the molecule is C[C@H](NCC1(O)CCCCCC1)c1ccco1. The Morgan fingerprint density at radius 1 is 1.35 bits per heavy atom. The molecule has 3 heteroatoms. The van der Waals surface area contributed by atoms with Gasteiger partial charge in [0.25, 0.3) is 0 Å². The largest absolute Gasteiger partial charge is 0.468 e. The molecule has 0 amide bonds. The minimum absolute atomic E-state index is 0.164. The number of hydrogen-bond donors (Lipinski definition) is 2. The van der Waals surface area contributed by atoms with Crippen molar-refractivity contribution in [3.63, 3.8) is 0 Å². The first-order valence-electron chi connectivity index (χ1n) is 6.69. The van der Waals surface area contributed by atoms with Crippen LogP contribution in [0.3, 0.4) is 0 Å². The minimum Gasteiger partial charge on any atom is -0.468 e. The van der Waals surface area contributed by atoms with E-state index in [1.807, 2.05) is 12.1 Å². The predicted molar refractivity (Wildman–Crippen MR) is 67.8 cm³/mol. The molecule has 0 unspecified atom stereocenters. The van der Waals surface area contributed by atoms with E-state index < -0.39 is 5.60 Å². The maximum absolute atomic E-state index is 10.5. The minimum atomic E-state index is -0.517. The van der Waals surface area contributed by atoms with Crippen molar-refractivity contribution >= 4 is 0 Å². The van der Waals surface area contributed by atoms with Crippen LogP contribution in [0.15, 0.2) is 22.8 Å². The lowest BCUT2D eigenvalue weighted by Gasteiger charge is -2.28. The molecule has 0 saturated heterocycles. The highest BCUT2D eigenvalue weighted by molar-refractivity contribution is 5.03. The molecule has 1 aromatic heterocycles. The van der Waals surface area contributed by atoms with Crippen LogP contribution in [0.4, 0.5) is 0 Å². The summed E-state index contributed by atoms with van der Waals surface area (Å²) in [5.74, 6) is 0.933. The van der Waals surface area contributed by atoms with Crippen LogP contribution < -0.4 is 5.32 Å². The van der Waals surface area contributed by atoms with Crippen LogP contribution >= 0.6 is 0 Å². The van der Waals surface area contributed by atoms with Crippen LogP contribution in [-0.4, -0.2) is 17.3 Å². The Morgan fingerprint density at radius 3 is 2.65 bits per heavy atom. The van der Waals surface area contributed by atoms with Gasteiger partial charge >= 0.3 is 0 Å². The van der Waals surface area contributed by atoms with Crippen molar-refractivity contribution in [3.8, 4) is 0 Å². The molecule has 0 aliphatic heterocycles. The van der Waals surface area contributed by atoms with Crippen molar-refractivity contribution < 1.29 is 9.52 Å². The highest BCUT2D eigenvalue weighted by Crippen LogP contribution is 2.27. The highest BCUT2D eigenvalue weighted by Gasteiger charge is 2.28. The molecule has 1 atom stereocenters. The van der Waals surface area contributed by atoms with Crippen molar-refractivity contribution in [3.05, 3.63) is 24.2 Å². The van der Waals surface area contributed by atoms with Gasteiger partial charge in [-0.3, -0.25) is 0 Å². The first-order valence-corrected chi connectivity index (χ1v) is 6.69. The summed E-state index contributed by atoms with van der Waals surface area (Å²) in [6.45, 7) is 2.73. The first-order chi connectivity index (χ1) is 8.20. The maximum Gasteiger partial charge on any atom is 0.120 e. The van der Waals surface area contributed by atoms with Gasteiger partial charge in [0.1, 0.15) is 5.76 Å². The van der Waals surface area contributed by atoms with Crippen molar-refractivity contribution in [1.82, 2.24) is 5.32 Å². The van der Waals surface area contributed by atoms with E-state index >= 15 is 0 Å². The second-order valence-electron chi connectivity index (χ2n) is 5.26. The quantitative estimate of drug-likeness (QED) is 0.791. The summed E-state index contributed by atoms with van der Waals surface area (Å²) in [6.07, 6.45) is 8.34. The van der Waals surface area contributed by atoms with E-state index in [9.17, 15) is 5.11 Å². The zero-order valence-corrected chi connectivity index (χ0v) is 10.6. The second-order valence-corrected chi connectivity index (χ2v) is 5.26. The van der Waals surface area contributed by atoms with Crippen molar-refractivity contribution in [2.45, 2.75) is 57.1 Å². The summed E-state index contributed by atoms with van der Waals surface area (Å²) in [4.78, 5) is 0. The maximum atomic E-state index is 10.5. The monoisotopic (exact) mass is 237 g/mol. The molecule has 1 fully saturated rings. The van der Waals surface area contributed by atoms with Crippen LogP contribution in [0, 0.1) is 0 Å². The van der Waals surface area contributed by atoms with Crippen LogP contribution in [0.2, 0.25) is 0 Å². The smallest absolute Gasteiger partial charge is 0.120 e. The lowest BCUT2D eigenvalue weighted by Crippen LogP contribution is -2.41. The number of aliphatic hydroxyl groups is 1. The number of hydrogen-bond acceptors (Lipinski definition) is 3. The fourth-order valence-corrected chi connectivity index (χ4v) is 2.54. The van der Waals surface area contributed by atoms with E-state index in [1.54, 1.807) is 6.26 Å². The summed E-state index contributed by atoms with van der Waals surface area (Å²) < 4.78 is 5.35. The zero-order chi connectivity index (χ0) is 12.1. The average molecular weight is 237 g/mol. The molecule has 2 N–H and O–H groups in total. The normalized spacial score (nSPS) is 22.0. The summed E-state index contributed by atoms with van der Waals surface area (Å²) in [5.41, 5.74) is -0.517. The molecule has 1 heterocycles. The molecule has 0 radical (unpaired) electrons. The molecule has 2 rings (SSSR count). The molecule has 1 aliphatic rings. The molecule has 1 aromatic rings. The van der Waals surface area contributed by atoms with Gasteiger partial charge in [-0.25, -0.2) is 0 Å². The molecule has 0 bridgehead atoms. The molecule has 1 aliphatic carbocycles. The third-order valence-electron chi connectivity index (χ3n) is 3.74. The van der Waals surface area contributed by atoms with E-state index in [0.717, 1.165) is 31.4 Å². The van der Waals surface area contributed by atoms with Gasteiger partial charge in [0.15, 0.2) is 0 Å². The number of furan rings is 1. The Kier molecular flexibility index (Phi) is 4.24. The lowest BCUT2D eigenvalue weighted by molar-refractivity contribution is 0.0226. The van der Waals surface area contributed by atoms with Gasteiger partial charge in [0.05, 0.1) is 17.9 Å². The zero-order valence-electron chi connectivity index (χ0n) is 10.6. The molecule has 17 heavy (non-hydrogen) atoms. The van der Waals surface area contributed by atoms with Crippen molar-refractivity contribution in [1.29, 1.82) is 0 Å². The summed E-state index contributed by atoms with van der Waals surface area (Å²) in [7, 11) is 0. The van der Waals surface area contributed by atoms with Crippen molar-refractivity contribution in [2.75, 3.05) is 6.54 Å². The van der Waals surface area contributed by atoms with E-state index in [0.29, 0.717) is 6.54 Å². The molecule has 3 nitrogen and oxygen atoms in total. The Hall–Kier alpha value is -0.800. The third-order valence-corrected chi connectivity index (χ3v) is 3.74. The van der Waals surface area contributed by atoms with Gasteiger partial charge in [-0.05, 0) is 31.9 Å². The number of rotatable bonds is 4. The van der Waals surface area contributed by atoms with Crippen molar-refractivity contribution in [2.24, 2.45) is 0 Å². The van der Waals surface area contributed by atoms with Gasteiger partial charge in [-0.2, -0.15) is 0 Å². The van der Waals surface area contributed by atoms with E-state index in [2.05, 4.69) is 12.2 Å². The number of nitrogens with one attached hydrogen (secondary N) is 1. The van der Waals surface area contributed by atoms with E-state index in [-0.39, 0.29) is 6.04 Å². The standard InChI is InChI=1S/C14H23NO2/c1-12(13-7-6-10-17-13)15-11-14(16)8-4-2-3-5-9-14/h6-7,10,12,15-16H,2-5,8-9,11H2,1H3/t12-/m0/s1. The fraction of sp³-hybridized carbons (Fsp3) is 0.714. The molecular formula is C14H23NO2. The van der Waals surface area contributed by atoms with Crippen LogP contribution in [-0.2, 0) is 0 Å². The summed E-state index contributed by atoms with van der Waals surface area (Å²) >= 11 is 0. The van der Waals surface area contributed by atoms with E-state index in [1.165, 1.54) is 12.8 Å². The fourth-order valence-electron chi connectivity index (χ4n) is 2.54. The topological polar surface area (TPSA) is 45.4 Å². The second kappa shape index (κ2) is 5.69. The highest BCUT2D eigenvalue weighted by atomic mass is 16.3. The Bertz CT molecular complexity index is 313. The Morgan fingerprint density at radius 2 is 2.06 bits per heavy atom. The molecule has 0 spiro atoms. The Balaban J connectivity index is 1.84. The predicted octanol–water partition coefficient (Wildman–Crippen LogP) is 3.02. The molecule has 0 aromatic carbocycles. The first kappa shape index (κ1) is 12.7. The molecule has 1 saturated carbocycles.